The van der Waals surface area contributed by atoms with Crippen LogP contribution < -0.4 is 0 Å². The highest BCUT2D eigenvalue weighted by Crippen LogP contribution is 2.00. The number of hydrogen-bond donors (Lipinski definition) is 0. The molecule has 1 aliphatic rings. The Kier molecular flexibility index (Phi) is 2.02. The molecule has 0 amide bonds. The molecule has 0 fully saturated rings. The van der Waals surface area contributed by atoms with Crippen molar-refractivity contribution in [3.8, 4) is 0 Å². The van der Waals surface area contributed by atoms with Crippen LogP contribution in [0.4, 0.5) is 0 Å². The van der Waals surface area contributed by atoms with Gasteiger partial charge < -0.3 is 4.74 Å². The van der Waals surface area contributed by atoms with E-state index in [1.807, 2.05) is 6.08 Å². The Morgan fingerprint density at radius 3 is 3.11 bits per heavy atom. The van der Waals surface area contributed by atoms with Crippen molar-refractivity contribution in [2.24, 2.45) is 0 Å². The Labute approximate surface area is 58.8 Å². The summed E-state index contributed by atoms with van der Waals surface area (Å²) >= 11 is 4.75. The lowest BCUT2D eigenvalue weighted by molar-refractivity contribution is -0.0720. The number of rotatable bonds is 1. The maximum atomic E-state index is 4.83. The molecule has 50 valence electrons. The van der Waals surface area contributed by atoms with Gasteiger partial charge in [-0.2, -0.15) is 0 Å². The van der Waals surface area contributed by atoms with Crippen LogP contribution in [0, 0.1) is 0 Å². The van der Waals surface area contributed by atoms with Crippen molar-refractivity contribution in [3.05, 3.63) is 12.3 Å². The fourth-order valence-corrected chi connectivity index (χ4v) is 0.732. The normalized spacial score (nSPS) is 17.9. The van der Waals surface area contributed by atoms with E-state index in [9.17, 15) is 0 Å². The number of hydrogen-bond acceptors (Lipinski definition) is 3. The molecule has 9 heavy (non-hydrogen) atoms. The quantitative estimate of drug-likeness (QED) is 0.506. The second kappa shape index (κ2) is 2.80. The molecule has 0 aliphatic carbocycles. The van der Waals surface area contributed by atoms with Gasteiger partial charge in [-0.05, 0) is 18.3 Å². The van der Waals surface area contributed by atoms with Gasteiger partial charge in [-0.3, -0.25) is 4.84 Å². The molecule has 0 aromatic carbocycles. The van der Waals surface area contributed by atoms with Gasteiger partial charge in [0.25, 0.3) is 5.17 Å². The van der Waals surface area contributed by atoms with E-state index in [1.54, 1.807) is 13.4 Å². The van der Waals surface area contributed by atoms with Crippen molar-refractivity contribution in [2.75, 3.05) is 13.7 Å². The molecule has 1 aliphatic heterocycles. The lowest BCUT2D eigenvalue weighted by Crippen LogP contribution is -2.31. The van der Waals surface area contributed by atoms with Crippen LogP contribution in [0.3, 0.4) is 0 Å². The highest BCUT2D eigenvalue weighted by molar-refractivity contribution is 7.80. The van der Waals surface area contributed by atoms with Gasteiger partial charge in [0.2, 0.25) is 0 Å². The third-order valence-electron chi connectivity index (χ3n) is 0.960. The summed E-state index contributed by atoms with van der Waals surface area (Å²) in [6.07, 6.45) is 3.37. The SMILES string of the molecule is CON1CC=COC1=S. The first-order chi connectivity index (χ1) is 4.34. The standard InChI is InChI=1S/C5H7NO2S/c1-7-6-3-2-4-8-5(6)9/h2,4H,3H2,1H3. The first kappa shape index (κ1) is 6.51. The zero-order valence-corrected chi connectivity index (χ0v) is 5.85. The second-order valence-corrected chi connectivity index (χ2v) is 1.85. The third kappa shape index (κ3) is 1.40. The summed E-state index contributed by atoms with van der Waals surface area (Å²) in [5, 5.41) is 1.84. The Balaban J connectivity index is 2.53. The zero-order valence-electron chi connectivity index (χ0n) is 5.03. The van der Waals surface area contributed by atoms with Crippen LogP contribution >= 0.6 is 12.2 Å². The van der Waals surface area contributed by atoms with E-state index in [4.69, 9.17) is 21.8 Å². The van der Waals surface area contributed by atoms with Crippen molar-refractivity contribution >= 4 is 17.4 Å². The van der Waals surface area contributed by atoms with Crippen molar-refractivity contribution in [1.29, 1.82) is 0 Å². The Morgan fingerprint density at radius 1 is 1.89 bits per heavy atom. The number of thiocarbonyl (C=S) groups is 1. The van der Waals surface area contributed by atoms with Gasteiger partial charge in [-0.15, -0.1) is 0 Å². The highest BCUT2D eigenvalue weighted by atomic mass is 32.1. The number of hydroxylamine groups is 2. The monoisotopic (exact) mass is 145 g/mol. The molecule has 1 rings (SSSR count). The maximum absolute atomic E-state index is 4.83. The van der Waals surface area contributed by atoms with Crippen LogP contribution in [0.1, 0.15) is 0 Å². The van der Waals surface area contributed by atoms with Crippen LogP contribution in [-0.4, -0.2) is 23.9 Å². The zero-order chi connectivity index (χ0) is 6.69. The molecular formula is C5H7NO2S. The maximum Gasteiger partial charge on any atom is 0.289 e. The summed E-state index contributed by atoms with van der Waals surface area (Å²) in [7, 11) is 1.55. The fraction of sp³-hybridized carbons (Fsp3) is 0.400. The summed E-state index contributed by atoms with van der Waals surface area (Å²) in [4.78, 5) is 4.82. The molecule has 1 heterocycles. The molecule has 0 N–H and O–H groups in total. The van der Waals surface area contributed by atoms with E-state index in [2.05, 4.69) is 0 Å². The number of nitrogens with zero attached hydrogens (tertiary/aromatic N) is 1. The average molecular weight is 145 g/mol. The van der Waals surface area contributed by atoms with Gasteiger partial charge in [0, 0.05) is 0 Å². The first-order valence-corrected chi connectivity index (χ1v) is 2.92. The van der Waals surface area contributed by atoms with Crippen LogP contribution in [0.5, 0.6) is 0 Å². The van der Waals surface area contributed by atoms with Crippen molar-refractivity contribution < 1.29 is 9.57 Å². The number of ether oxygens (including phenoxy) is 1. The summed E-state index contributed by atoms with van der Waals surface area (Å²) in [5.41, 5.74) is 0. The van der Waals surface area contributed by atoms with Crippen LogP contribution in [-0.2, 0) is 9.57 Å². The van der Waals surface area contributed by atoms with Gasteiger partial charge in [-0.1, -0.05) is 0 Å². The lowest BCUT2D eigenvalue weighted by Gasteiger charge is -2.21. The summed E-state index contributed by atoms with van der Waals surface area (Å²) < 4.78 is 4.83. The molecule has 0 aromatic heterocycles. The second-order valence-electron chi connectivity index (χ2n) is 1.50. The molecule has 0 unspecified atom stereocenters. The first-order valence-electron chi connectivity index (χ1n) is 2.52. The molecule has 0 saturated carbocycles. The minimum absolute atomic E-state index is 0.361. The van der Waals surface area contributed by atoms with Gasteiger partial charge in [0.15, 0.2) is 0 Å². The third-order valence-corrected chi connectivity index (χ3v) is 1.26. The predicted octanol–water partition coefficient (Wildman–Crippen LogP) is 0.679. The molecular weight excluding hydrogens is 138 g/mol. The average Bonchev–Trinajstić information content (AvgIpc) is 1.89. The van der Waals surface area contributed by atoms with Gasteiger partial charge in [0.05, 0.1) is 19.9 Å². The minimum atomic E-state index is 0.361. The molecule has 3 nitrogen and oxygen atoms in total. The Morgan fingerprint density at radius 2 is 2.67 bits per heavy atom. The van der Waals surface area contributed by atoms with Crippen LogP contribution in [0.15, 0.2) is 12.3 Å². The minimum Gasteiger partial charge on any atom is -0.439 e. The van der Waals surface area contributed by atoms with E-state index in [-0.39, 0.29) is 0 Å². The van der Waals surface area contributed by atoms with E-state index in [1.165, 1.54) is 5.06 Å². The lowest BCUT2D eigenvalue weighted by atomic mass is 10.6. The molecule has 0 spiro atoms. The Hall–Kier alpha value is -0.610. The Bertz CT molecular complexity index is 146. The smallest absolute Gasteiger partial charge is 0.289 e. The molecule has 0 aromatic rings. The van der Waals surface area contributed by atoms with E-state index < -0.39 is 0 Å². The van der Waals surface area contributed by atoms with Crippen molar-refractivity contribution in [2.45, 2.75) is 0 Å². The largest absolute Gasteiger partial charge is 0.439 e. The molecule has 0 radical (unpaired) electrons. The topological polar surface area (TPSA) is 21.7 Å². The van der Waals surface area contributed by atoms with Crippen molar-refractivity contribution in [1.82, 2.24) is 5.06 Å². The molecule has 0 saturated heterocycles. The highest BCUT2D eigenvalue weighted by Gasteiger charge is 2.10. The van der Waals surface area contributed by atoms with Crippen LogP contribution in [0.2, 0.25) is 0 Å². The van der Waals surface area contributed by atoms with Crippen LogP contribution in [0.25, 0.3) is 0 Å². The van der Waals surface area contributed by atoms with Crippen molar-refractivity contribution in [3.63, 3.8) is 0 Å². The summed E-state index contributed by atoms with van der Waals surface area (Å²) in [6, 6.07) is 0. The van der Waals surface area contributed by atoms with E-state index in [0.717, 1.165) is 0 Å². The van der Waals surface area contributed by atoms with E-state index in [0.29, 0.717) is 11.7 Å². The summed E-state index contributed by atoms with van der Waals surface area (Å²) in [6.45, 7) is 0.662. The molecule has 0 bridgehead atoms. The van der Waals surface area contributed by atoms with Gasteiger partial charge >= 0.3 is 0 Å². The van der Waals surface area contributed by atoms with Gasteiger partial charge in [-0.25, -0.2) is 5.06 Å². The summed E-state index contributed by atoms with van der Waals surface area (Å²) in [5.74, 6) is 0. The molecule has 0 atom stereocenters. The fourth-order valence-electron chi connectivity index (χ4n) is 0.527. The molecule has 4 heteroatoms. The van der Waals surface area contributed by atoms with E-state index >= 15 is 0 Å². The van der Waals surface area contributed by atoms with Gasteiger partial charge in [0.1, 0.15) is 0 Å². The predicted molar refractivity (Wildman–Crippen MR) is 36.5 cm³/mol.